The van der Waals surface area contributed by atoms with Crippen LogP contribution in [0, 0.1) is 0 Å². The number of carboxylic acid groups (broad SMARTS) is 1. The number of halogens is 1. The van der Waals surface area contributed by atoms with Crippen LogP contribution in [0.2, 0.25) is 5.02 Å². The molecule has 7 nitrogen and oxygen atoms in total. The third-order valence-electron chi connectivity index (χ3n) is 9.01. The number of carbonyl (C=O) groups excluding carboxylic acids is 1. The van der Waals surface area contributed by atoms with Gasteiger partial charge in [0.05, 0.1) is 17.8 Å². The molecule has 3 aliphatic rings. The third-order valence-corrected chi connectivity index (χ3v) is 9.25. The van der Waals surface area contributed by atoms with Crippen LogP contribution in [0.25, 0.3) is 22.2 Å². The predicted molar refractivity (Wildman–Crippen MR) is 156 cm³/mol. The van der Waals surface area contributed by atoms with Gasteiger partial charge in [0.2, 0.25) is 5.91 Å². The van der Waals surface area contributed by atoms with Gasteiger partial charge in [-0.1, -0.05) is 43.9 Å². The lowest BCUT2D eigenvalue weighted by molar-refractivity contribution is -0.131. The lowest BCUT2D eigenvalue weighted by atomic mass is 9.81. The van der Waals surface area contributed by atoms with E-state index in [4.69, 9.17) is 11.6 Å². The fourth-order valence-electron chi connectivity index (χ4n) is 6.89. The summed E-state index contributed by atoms with van der Waals surface area (Å²) < 4.78 is 2.31. The van der Waals surface area contributed by atoms with E-state index in [0.29, 0.717) is 36.1 Å². The van der Waals surface area contributed by atoms with Crippen molar-refractivity contribution < 1.29 is 14.7 Å². The number of rotatable bonds is 5. The summed E-state index contributed by atoms with van der Waals surface area (Å²) in [4.78, 5) is 31.9. The first kappa shape index (κ1) is 26.2. The molecule has 39 heavy (non-hydrogen) atoms. The zero-order valence-corrected chi connectivity index (χ0v) is 23.4. The minimum atomic E-state index is -0.914. The highest BCUT2D eigenvalue weighted by Gasteiger charge is 2.32. The highest BCUT2D eigenvalue weighted by atomic mass is 35.5. The Morgan fingerprint density at radius 3 is 2.44 bits per heavy atom. The monoisotopic (exact) mass is 548 g/mol. The maximum atomic E-state index is 13.5. The Balaban J connectivity index is 1.44. The van der Waals surface area contributed by atoms with Crippen LogP contribution < -0.4 is 4.90 Å². The summed E-state index contributed by atoms with van der Waals surface area (Å²) in [6.07, 6.45) is 5.97. The highest BCUT2D eigenvalue weighted by Crippen LogP contribution is 2.47. The summed E-state index contributed by atoms with van der Waals surface area (Å²) in [5.74, 6) is -0.337. The molecule has 2 aromatic carbocycles. The summed E-state index contributed by atoms with van der Waals surface area (Å²) in [5, 5.41) is 11.6. The van der Waals surface area contributed by atoms with E-state index in [2.05, 4.69) is 27.4 Å². The summed E-state index contributed by atoms with van der Waals surface area (Å²) in [7, 11) is 0. The third kappa shape index (κ3) is 4.91. The zero-order chi connectivity index (χ0) is 27.1. The van der Waals surface area contributed by atoms with Gasteiger partial charge in [-0.3, -0.25) is 4.79 Å². The molecule has 0 bridgehead atoms. The van der Waals surface area contributed by atoms with Gasteiger partial charge in [0.25, 0.3) is 0 Å². The van der Waals surface area contributed by atoms with Gasteiger partial charge in [0.15, 0.2) is 0 Å². The van der Waals surface area contributed by atoms with E-state index in [9.17, 15) is 14.7 Å². The van der Waals surface area contributed by atoms with E-state index < -0.39 is 5.97 Å². The van der Waals surface area contributed by atoms with Crippen molar-refractivity contribution in [1.29, 1.82) is 0 Å². The smallest absolute Gasteiger partial charge is 0.335 e. The number of piperazine rings is 1. The second kappa shape index (κ2) is 10.9. The van der Waals surface area contributed by atoms with Crippen LogP contribution >= 0.6 is 11.6 Å². The summed E-state index contributed by atoms with van der Waals surface area (Å²) >= 11 is 6.56. The Bertz CT molecular complexity index is 1400. The van der Waals surface area contributed by atoms with Gasteiger partial charge in [-0.15, -0.1) is 0 Å². The van der Waals surface area contributed by atoms with Crippen LogP contribution in [0.4, 0.5) is 5.69 Å². The van der Waals surface area contributed by atoms with Gasteiger partial charge in [-0.25, -0.2) is 4.79 Å². The number of fused-ring (bicyclic) bond motifs is 5. The number of likely N-dealkylation sites (N-methyl/N-ethyl adjacent to an activating group) is 1. The topological polar surface area (TPSA) is 69.0 Å². The van der Waals surface area contributed by atoms with E-state index in [1.165, 1.54) is 24.8 Å². The second-order valence-corrected chi connectivity index (χ2v) is 11.6. The molecule has 206 valence electrons. The van der Waals surface area contributed by atoms with Gasteiger partial charge in [-0.05, 0) is 61.2 Å². The quantitative estimate of drug-likeness (QED) is 0.443. The number of amides is 1. The van der Waals surface area contributed by atoms with Crippen LogP contribution in [0.3, 0.4) is 0 Å². The molecule has 1 N–H and O–H groups in total. The van der Waals surface area contributed by atoms with Crippen molar-refractivity contribution in [1.82, 2.24) is 14.4 Å². The molecule has 1 saturated carbocycles. The van der Waals surface area contributed by atoms with Gasteiger partial charge in [0.1, 0.15) is 0 Å². The molecule has 0 radical (unpaired) electrons. The summed E-state index contributed by atoms with van der Waals surface area (Å²) in [6, 6.07) is 11.6. The fraction of sp³-hybridized carbons (Fsp3) is 0.484. The molecule has 8 heteroatoms. The van der Waals surface area contributed by atoms with Gasteiger partial charge in [0, 0.05) is 66.4 Å². The minimum Gasteiger partial charge on any atom is -0.478 e. The molecule has 3 aromatic rings. The van der Waals surface area contributed by atoms with Crippen LogP contribution in [0.5, 0.6) is 0 Å². The van der Waals surface area contributed by atoms with Gasteiger partial charge in [-0.2, -0.15) is 0 Å². The van der Waals surface area contributed by atoms with Crippen LogP contribution in [-0.2, 0) is 11.3 Å². The molecule has 1 saturated heterocycles. The van der Waals surface area contributed by atoms with E-state index in [0.717, 1.165) is 73.4 Å². The Hall–Kier alpha value is -3.03. The second-order valence-electron chi connectivity index (χ2n) is 11.2. The SMILES string of the molecule is CCN1CCN(C(=O)CN2CCn3c(c(C4CCCCC4)c4ccc(C(=O)O)cc43)-c3ccc(Cl)cc32)CC1. The average Bonchev–Trinajstić information content (AvgIpc) is 3.20. The molecule has 0 unspecified atom stereocenters. The molecular weight excluding hydrogens is 512 g/mol. The summed E-state index contributed by atoms with van der Waals surface area (Å²) in [5.41, 5.74) is 5.83. The Morgan fingerprint density at radius 2 is 1.72 bits per heavy atom. The largest absolute Gasteiger partial charge is 0.478 e. The van der Waals surface area contributed by atoms with Crippen LogP contribution in [0.15, 0.2) is 36.4 Å². The number of carboxylic acids is 1. The first-order chi connectivity index (χ1) is 18.9. The number of hydrogen-bond acceptors (Lipinski definition) is 4. The molecule has 1 aliphatic carbocycles. The standard InChI is InChI=1S/C31H37ClN4O3/c1-2-33-12-14-34(15-13-33)28(37)20-35-16-17-36-27-18-22(31(38)39)8-10-24(27)29(21-6-4-3-5-7-21)30(36)25-11-9-23(32)19-26(25)35/h8-11,18-19,21H,2-7,12-17,20H2,1H3,(H,38,39). The molecule has 2 aliphatic heterocycles. The van der Waals surface area contributed by atoms with Crippen molar-refractivity contribution in [2.45, 2.75) is 51.5 Å². The number of anilines is 1. The summed E-state index contributed by atoms with van der Waals surface area (Å²) in [6.45, 7) is 8.15. The van der Waals surface area contributed by atoms with Crippen molar-refractivity contribution >= 4 is 40.1 Å². The molecule has 6 rings (SSSR count). The van der Waals surface area contributed by atoms with Gasteiger partial charge < -0.3 is 24.4 Å². The lowest BCUT2D eigenvalue weighted by Crippen LogP contribution is -2.51. The Labute approximate surface area is 234 Å². The van der Waals surface area contributed by atoms with Crippen LogP contribution in [0.1, 0.15) is 60.9 Å². The number of aromatic carboxylic acids is 1. The zero-order valence-electron chi connectivity index (χ0n) is 22.7. The van der Waals surface area contributed by atoms with Crippen molar-refractivity contribution in [2.24, 2.45) is 0 Å². The molecular formula is C31H37ClN4O3. The number of aromatic nitrogens is 1. The van der Waals surface area contributed by atoms with Crippen molar-refractivity contribution in [3.8, 4) is 11.3 Å². The maximum absolute atomic E-state index is 13.5. The van der Waals surface area contributed by atoms with Crippen molar-refractivity contribution in [3.63, 3.8) is 0 Å². The molecule has 2 fully saturated rings. The molecule has 0 atom stereocenters. The van der Waals surface area contributed by atoms with E-state index in [1.54, 1.807) is 6.07 Å². The minimum absolute atomic E-state index is 0.147. The lowest BCUT2D eigenvalue weighted by Gasteiger charge is -2.35. The number of hydrogen-bond donors (Lipinski definition) is 1. The number of nitrogens with zero attached hydrogens (tertiary/aromatic N) is 4. The molecule has 0 spiro atoms. The highest BCUT2D eigenvalue weighted by molar-refractivity contribution is 6.31. The first-order valence-corrected chi connectivity index (χ1v) is 14.8. The van der Waals surface area contributed by atoms with Crippen molar-refractivity contribution in [2.75, 3.05) is 50.7 Å². The Morgan fingerprint density at radius 1 is 0.949 bits per heavy atom. The Kier molecular flexibility index (Phi) is 7.29. The maximum Gasteiger partial charge on any atom is 0.335 e. The fourth-order valence-corrected chi connectivity index (χ4v) is 7.05. The van der Waals surface area contributed by atoms with E-state index in [1.807, 2.05) is 29.2 Å². The van der Waals surface area contributed by atoms with Gasteiger partial charge >= 0.3 is 5.97 Å². The number of benzene rings is 2. The molecule has 3 heterocycles. The molecule has 1 aromatic heterocycles. The van der Waals surface area contributed by atoms with E-state index >= 15 is 0 Å². The van der Waals surface area contributed by atoms with Crippen LogP contribution in [-0.4, -0.2) is 77.2 Å². The number of carbonyl (C=O) groups is 2. The first-order valence-electron chi connectivity index (χ1n) is 14.4. The van der Waals surface area contributed by atoms with Crippen molar-refractivity contribution in [3.05, 3.63) is 52.5 Å². The van der Waals surface area contributed by atoms with E-state index in [-0.39, 0.29) is 5.91 Å². The predicted octanol–water partition coefficient (Wildman–Crippen LogP) is 5.69. The average molecular weight is 549 g/mol. The normalized spacial score (nSPS) is 18.6. The molecule has 1 amide bonds.